The Morgan fingerprint density at radius 3 is 2.35 bits per heavy atom. The zero-order valence-electron chi connectivity index (χ0n) is 28.8. The minimum absolute atomic E-state index is 0.0820. The first-order valence-electron chi connectivity index (χ1n) is 16.3. The normalized spacial score (nSPS) is 14.8. The SMILES string of the molecule is COc1cc([C@@H](C)N(CC2C=C(c3ccc(C)c(C(=O)OCc4ccccc4)c3C)c3ccccc3C2)C(=O)OC(C)(C)C)ccc1F. The predicted molar refractivity (Wildman–Crippen MR) is 186 cm³/mol. The highest BCUT2D eigenvalue weighted by atomic mass is 19.1. The number of fused-ring (bicyclic) bond motifs is 1. The van der Waals surface area contributed by atoms with Crippen LogP contribution in [0.1, 0.15) is 83.0 Å². The van der Waals surface area contributed by atoms with Crippen molar-refractivity contribution in [3.63, 3.8) is 0 Å². The summed E-state index contributed by atoms with van der Waals surface area (Å²) in [6.07, 6.45) is 2.45. The number of hydrogen-bond acceptors (Lipinski definition) is 5. The van der Waals surface area contributed by atoms with Crippen molar-refractivity contribution in [2.24, 2.45) is 5.92 Å². The van der Waals surface area contributed by atoms with Gasteiger partial charge in [0.25, 0.3) is 0 Å². The topological polar surface area (TPSA) is 65.1 Å². The molecule has 5 rings (SSSR count). The summed E-state index contributed by atoms with van der Waals surface area (Å²) in [6, 6.07) is 26.1. The van der Waals surface area contributed by atoms with Crippen LogP contribution in [0.4, 0.5) is 9.18 Å². The second-order valence-corrected chi connectivity index (χ2v) is 13.4. The molecule has 0 fully saturated rings. The fourth-order valence-electron chi connectivity index (χ4n) is 6.31. The molecule has 4 aromatic rings. The number of nitrogens with zero attached hydrogens (tertiary/aromatic N) is 1. The molecule has 0 N–H and O–H groups in total. The van der Waals surface area contributed by atoms with Crippen LogP contribution < -0.4 is 4.74 Å². The molecule has 2 atom stereocenters. The maximum Gasteiger partial charge on any atom is 0.410 e. The zero-order chi connectivity index (χ0) is 34.6. The molecular weight excluding hydrogens is 605 g/mol. The lowest BCUT2D eigenvalue weighted by Crippen LogP contribution is -2.41. The standard InChI is InChI=1S/C41H44FNO5/c1-26-17-19-33(27(2)38(26)39(44)47-25-29-13-9-8-10-14-29)35-22-30(21-32-15-11-12-16-34(32)35)24-43(40(45)48-41(4,5)6)28(3)31-18-20-36(42)37(23-31)46-7/h8-20,22-23,28,30H,21,24-25H2,1-7H3/t28-,30?/m1/s1. The van der Waals surface area contributed by atoms with Gasteiger partial charge in [0.1, 0.15) is 12.2 Å². The molecule has 7 heteroatoms. The monoisotopic (exact) mass is 649 g/mol. The van der Waals surface area contributed by atoms with E-state index in [9.17, 15) is 14.0 Å². The van der Waals surface area contributed by atoms with Gasteiger partial charge in [0, 0.05) is 6.54 Å². The predicted octanol–water partition coefficient (Wildman–Crippen LogP) is 9.41. The lowest BCUT2D eigenvalue weighted by molar-refractivity contribution is 0.0150. The molecular formula is C41H44FNO5. The maximum atomic E-state index is 14.3. The molecule has 0 saturated heterocycles. The van der Waals surface area contributed by atoms with E-state index >= 15 is 0 Å². The molecule has 0 heterocycles. The summed E-state index contributed by atoms with van der Waals surface area (Å²) in [5.41, 5.74) is 7.35. The lowest BCUT2D eigenvalue weighted by Gasteiger charge is -2.35. The van der Waals surface area contributed by atoms with Crippen molar-refractivity contribution in [1.29, 1.82) is 0 Å². The molecule has 0 aromatic heterocycles. The first-order valence-corrected chi connectivity index (χ1v) is 16.3. The Morgan fingerprint density at radius 1 is 0.938 bits per heavy atom. The summed E-state index contributed by atoms with van der Waals surface area (Å²) in [4.78, 5) is 29.0. The highest BCUT2D eigenvalue weighted by Crippen LogP contribution is 2.38. The Bertz CT molecular complexity index is 1820. The number of benzene rings is 4. The molecule has 48 heavy (non-hydrogen) atoms. The summed E-state index contributed by atoms with van der Waals surface area (Å²) in [6.45, 7) is 11.9. The van der Waals surface area contributed by atoms with Crippen molar-refractivity contribution in [2.75, 3.05) is 13.7 Å². The average molecular weight is 650 g/mol. The number of ether oxygens (including phenoxy) is 3. The summed E-state index contributed by atoms with van der Waals surface area (Å²) >= 11 is 0. The molecule has 6 nitrogen and oxygen atoms in total. The smallest absolute Gasteiger partial charge is 0.410 e. The summed E-state index contributed by atoms with van der Waals surface area (Å²) in [7, 11) is 1.42. The van der Waals surface area contributed by atoms with Crippen molar-refractivity contribution in [2.45, 2.75) is 66.2 Å². The van der Waals surface area contributed by atoms with E-state index in [0.717, 1.165) is 44.5 Å². The third-order valence-corrected chi connectivity index (χ3v) is 8.76. The minimum atomic E-state index is -0.708. The summed E-state index contributed by atoms with van der Waals surface area (Å²) < 4.78 is 31.2. The first-order chi connectivity index (χ1) is 22.9. The number of halogens is 1. The van der Waals surface area contributed by atoms with Gasteiger partial charge in [-0.05, 0) is 111 Å². The fourth-order valence-corrected chi connectivity index (χ4v) is 6.31. The van der Waals surface area contributed by atoms with Gasteiger partial charge in [-0.3, -0.25) is 0 Å². The van der Waals surface area contributed by atoms with E-state index < -0.39 is 23.6 Å². The second kappa shape index (κ2) is 14.5. The molecule has 1 aliphatic carbocycles. The fraction of sp³-hybridized carbons (Fsp3) is 0.317. The number of esters is 1. The third-order valence-electron chi connectivity index (χ3n) is 8.76. The van der Waals surface area contributed by atoms with E-state index in [-0.39, 0.29) is 24.2 Å². The molecule has 0 radical (unpaired) electrons. The molecule has 0 saturated carbocycles. The molecule has 0 aliphatic heterocycles. The van der Waals surface area contributed by atoms with Gasteiger partial charge >= 0.3 is 12.1 Å². The van der Waals surface area contributed by atoms with Gasteiger partial charge in [-0.15, -0.1) is 0 Å². The van der Waals surface area contributed by atoms with Gasteiger partial charge in [-0.25, -0.2) is 14.0 Å². The number of carbonyl (C=O) groups excluding carboxylic acids is 2. The van der Waals surface area contributed by atoms with Gasteiger partial charge in [-0.2, -0.15) is 0 Å². The summed E-state index contributed by atoms with van der Waals surface area (Å²) in [5.74, 6) is -0.797. The zero-order valence-corrected chi connectivity index (χ0v) is 28.8. The van der Waals surface area contributed by atoms with E-state index in [1.165, 1.54) is 13.2 Å². The molecule has 1 aliphatic rings. The van der Waals surface area contributed by atoms with Gasteiger partial charge in [0.05, 0.1) is 18.7 Å². The second-order valence-electron chi connectivity index (χ2n) is 13.4. The Morgan fingerprint density at radius 2 is 1.65 bits per heavy atom. The molecule has 0 spiro atoms. The average Bonchev–Trinajstić information content (AvgIpc) is 3.05. The van der Waals surface area contributed by atoms with Crippen LogP contribution in [-0.4, -0.2) is 36.2 Å². The molecule has 1 unspecified atom stereocenters. The lowest BCUT2D eigenvalue weighted by atomic mass is 9.79. The Labute approximate surface area is 283 Å². The van der Waals surface area contributed by atoms with Crippen molar-refractivity contribution >= 4 is 17.6 Å². The highest BCUT2D eigenvalue weighted by Gasteiger charge is 2.32. The van der Waals surface area contributed by atoms with Crippen molar-refractivity contribution in [3.05, 3.63) is 141 Å². The van der Waals surface area contributed by atoms with E-state index in [2.05, 4.69) is 24.3 Å². The van der Waals surface area contributed by atoms with Crippen LogP contribution in [0.5, 0.6) is 5.75 Å². The Kier molecular flexibility index (Phi) is 10.4. The largest absolute Gasteiger partial charge is 0.494 e. The van der Waals surface area contributed by atoms with E-state index in [1.54, 1.807) is 17.0 Å². The van der Waals surface area contributed by atoms with Crippen LogP contribution in [0, 0.1) is 25.6 Å². The van der Waals surface area contributed by atoms with Crippen molar-refractivity contribution in [3.8, 4) is 5.75 Å². The van der Waals surface area contributed by atoms with Crippen molar-refractivity contribution < 1.29 is 28.2 Å². The number of amides is 1. The van der Waals surface area contributed by atoms with Crippen molar-refractivity contribution in [1.82, 2.24) is 4.90 Å². The molecule has 0 bridgehead atoms. The quantitative estimate of drug-likeness (QED) is 0.169. The van der Waals surface area contributed by atoms with Crippen LogP contribution in [-0.2, 0) is 22.5 Å². The first kappa shape index (κ1) is 34.4. The number of hydrogen-bond donors (Lipinski definition) is 0. The maximum absolute atomic E-state index is 14.3. The summed E-state index contributed by atoms with van der Waals surface area (Å²) in [5, 5.41) is 0. The molecule has 250 valence electrons. The number of methoxy groups -OCH3 is 1. The van der Waals surface area contributed by atoms with E-state index in [1.807, 2.05) is 90.1 Å². The van der Waals surface area contributed by atoms with Crippen LogP contribution in [0.15, 0.2) is 91.0 Å². The Hall–Kier alpha value is -4.91. The Balaban J connectivity index is 1.52. The van der Waals surface area contributed by atoms with Crippen LogP contribution >= 0.6 is 0 Å². The van der Waals surface area contributed by atoms with Crippen LogP contribution in [0.3, 0.4) is 0 Å². The number of rotatable bonds is 9. The minimum Gasteiger partial charge on any atom is -0.494 e. The van der Waals surface area contributed by atoms with E-state index in [0.29, 0.717) is 18.5 Å². The van der Waals surface area contributed by atoms with Gasteiger partial charge in [0.15, 0.2) is 11.6 Å². The van der Waals surface area contributed by atoms with Crippen LogP contribution in [0.2, 0.25) is 0 Å². The van der Waals surface area contributed by atoms with Gasteiger partial charge in [-0.1, -0.05) is 78.9 Å². The van der Waals surface area contributed by atoms with Crippen LogP contribution in [0.25, 0.3) is 5.57 Å². The van der Waals surface area contributed by atoms with Gasteiger partial charge in [0.2, 0.25) is 0 Å². The molecule has 1 amide bonds. The number of aryl methyl sites for hydroxylation is 1. The number of carbonyl (C=O) groups is 2. The van der Waals surface area contributed by atoms with Gasteiger partial charge < -0.3 is 19.1 Å². The molecule has 4 aromatic carbocycles. The van der Waals surface area contributed by atoms with E-state index in [4.69, 9.17) is 14.2 Å². The third kappa shape index (κ3) is 7.79. The highest BCUT2D eigenvalue weighted by molar-refractivity contribution is 5.96.